The molecule has 1 unspecified atom stereocenters. The first kappa shape index (κ1) is 58.0. The summed E-state index contributed by atoms with van der Waals surface area (Å²) in [6.07, 6.45) is 29.0. The van der Waals surface area contributed by atoms with Crippen LogP contribution in [0.5, 0.6) is 0 Å². The molecule has 0 spiro atoms. The van der Waals surface area contributed by atoms with Crippen molar-refractivity contribution in [3.05, 3.63) is 48.6 Å². The maximum absolute atomic E-state index is 12.7. The SMILES string of the molecule is CCCCC[C@H](O)/C=C/C=C\C/C=C\C=C\[C@H](O)CCCC(=O)OC[C@H](COP(=O)(O)OC[C@@H](O)COP(=O)(O)O)OC(=O)CCCCCCCCCCCCCC(C)C. The molecule has 350 valence electrons. The van der Waals surface area contributed by atoms with Crippen molar-refractivity contribution in [2.75, 3.05) is 26.4 Å². The quantitative estimate of drug-likeness (QED) is 0.0146. The smallest absolute Gasteiger partial charge is 0.462 e. The van der Waals surface area contributed by atoms with Crippen LogP contribution in [0.15, 0.2) is 48.6 Å². The van der Waals surface area contributed by atoms with Gasteiger partial charge in [-0.25, -0.2) is 9.13 Å². The van der Waals surface area contributed by atoms with E-state index in [0.717, 1.165) is 57.3 Å². The van der Waals surface area contributed by atoms with E-state index < -0.39 is 78.4 Å². The Kier molecular flexibility index (Phi) is 36.3. The molecule has 0 aromatic carbocycles. The van der Waals surface area contributed by atoms with Crippen LogP contribution in [0.2, 0.25) is 0 Å². The molecule has 60 heavy (non-hydrogen) atoms. The number of hydrogen-bond donors (Lipinski definition) is 6. The average Bonchev–Trinajstić information content (AvgIpc) is 3.18. The number of esters is 2. The van der Waals surface area contributed by atoms with Gasteiger partial charge in [-0.15, -0.1) is 0 Å². The lowest BCUT2D eigenvalue weighted by molar-refractivity contribution is -0.161. The van der Waals surface area contributed by atoms with Gasteiger partial charge in [0.2, 0.25) is 0 Å². The Hall–Kier alpha value is -2.00. The molecule has 0 radical (unpaired) electrons. The fourth-order valence-electron chi connectivity index (χ4n) is 5.69. The summed E-state index contributed by atoms with van der Waals surface area (Å²) >= 11 is 0. The lowest BCUT2D eigenvalue weighted by Gasteiger charge is -2.20. The van der Waals surface area contributed by atoms with Gasteiger partial charge in [-0.2, -0.15) is 0 Å². The molecule has 0 fully saturated rings. The van der Waals surface area contributed by atoms with Crippen LogP contribution in [0, 0.1) is 5.92 Å². The van der Waals surface area contributed by atoms with Gasteiger partial charge in [0.05, 0.1) is 32.0 Å². The standard InChI is InChI=1S/C43H78O15P2/c1-4-5-20-27-38(44)28-22-17-13-11-14-18-23-29-39(45)30-25-32-42(47)54-35-41(36-57-60(52,53)56-34-40(46)33-55-59(49,50)51)58-43(48)31-24-19-15-10-8-6-7-9-12-16-21-26-37(2)3/h13-14,17-18,22-23,28-29,37-41,44-46H,4-12,15-16,19-21,24-27,30-36H2,1-3H3,(H,52,53)(H2,49,50,51)/b17-13-,18-14-,28-22+,29-23+/t38-,39-,40-,41+/m0/s1. The second-order valence-electron chi connectivity index (χ2n) is 15.5. The summed E-state index contributed by atoms with van der Waals surface area (Å²) in [4.78, 5) is 52.7. The topological polar surface area (TPSA) is 236 Å². The van der Waals surface area contributed by atoms with E-state index in [-0.39, 0.29) is 19.3 Å². The van der Waals surface area contributed by atoms with Crippen LogP contribution in [0.4, 0.5) is 0 Å². The maximum Gasteiger partial charge on any atom is 0.472 e. The Morgan fingerprint density at radius 2 is 1.05 bits per heavy atom. The number of ether oxygens (including phenoxy) is 2. The minimum Gasteiger partial charge on any atom is -0.462 e. The molecule has 0 aliphatic rings. The molecular formula is C43H78O15P2. The molecule has 0 saturated carbocycles. The van der Waals surface area contributed by atoms with Gasteiger partial charge in [-0.3, -0.25) is 23.2 Å². The molecule has 0 rings (SSSR count). The lowest BCUT2D eigenvalue weighted by Crippen LogP contribution is -2.30. The van der Waals surface area contributed by atoms with Crippen molar-refractivity contribution in [3.8, 4) is 0 Å². The van der Waals surface area contributed by atoms with Crippen LogP contribution in [0.1, 0.15) is 156 Å². The van der Waals surface area contributed by atoms with Gasteiger partial charge in [0, 0.05) is 12.8 Å². The second kappa shape index (κ2) is 37.5. The molecule has 0 saturated heterocycles. The number of hydrogen-bond acceptors (Lipinski definition) is 12. The average molecular weight is 897 g/mol. The fourth-order valence-corrected chi connectivity index (χ4v) is 6.84. The monoisotopic (exact) mass is 896 g/mol. The van der Waals surface area contributed by atoms with Crippen LogP contribution < -0.4 is 0 Å². The molecule has 0 amide bonds. The third-order valence-corrected chi connectivity index (χ3v) is 10.5. The van der Waals surface area contributed by atoms with E-state index in [1.165, 1.54) is 44.9 Å². The molecule has 0 aliphatic heterocycles. The van der Waals surface area contributed by atoms with Gasteiger partial charge in [0.1, 0.15) is 12.7 Å². The maximum atomic E-state index is 12.7. The molecule has 0 aliphatic carbocycles. The van der Waals surface area contributed by atoms with E-state index in [4.69, 9.17) is 23.8 Å². The van der Waals surface area contributed by atoms with Gasteiger partial charge in [0.15, 0.2) is 6.10 Å². The van der Waals surface area contributed by atoms with Crippen molar-refractivity contribution in [1.29, 1.82) is 0 Å². The molecule has 0 heterocycles. The zero-order chi connectivity index (χ0) is 44.9. The number of unbranched alkanes of at least 4 members (excludes halogenated alkanes) is 12. The predicted octanol–water partition coefficient (Wildman–Crippen LogP) is 8.86. The summed E-state index contributed by atoms with van der Waals surface area (Å²) in [6.45, 7) is 3.69. The van der Waals surface area contributed by atoms with Gasteiger partial charge in [-0.05, 0) is 38.0 Å². The van der Waals surface area contributed by atoms with Crippen LogP contribution in [0.3, 0.4) is 0 Å². The van der Waals surface area contributed by atoms with Gasteiger partial charge < -0.3 is 39.5 Å². The number of carbonyl (C=O) groups excluding carboxylic acids is 2. The summed E-state index contributed by atoms with van der Waals surface area (Å²) in [5.41, 5.74) is 0. The summed E-state index contributed by atoms with van der Waals surface area (Å²) in [5.74, 6) is -0.493. The number of carbonyl (C=O) groups is 2. The Labute approximate surface area is 359 Å². The Balaban J connectivity index is 4.74. The zero-order valence-electron chi connectivity index (χ0n) is 36.4. The molecule has 0 aromatic rings. The van der Waals surface area contributed by atoms with E-state index in [1.807, 2.05) is 24.3 Å². The number of phosphoric acid groups is 2. The molecule has 6 N–H and O–H groups in total. The number of aliphatic hydroxyl groups excluding tert-OH is 3. The summed E-state index contributed by atoms with van der Waals surface area (Å²) in [7, 11) is -9.75. The first-order chi connectivity index (χ1) is 28.5. The largest absolute Gasteiger partial charge is 0.472 e. The van der Waals surface area contributed by atoms with Crippen LogP contribution in [-0.2, 0) is 41.8 Å². The minimum absolute atomic E-state index is 0.0532. The summed E-state index contributed by atoms with van der Waals surface area (Å²) in [5, 5.41) is 29.9. The minimum atomic E-state index is -4.89. The van der Waals surface area contributed by atoms with Crippen molar-refractivity contribution < 1.29 is 71.8 Å². The first-order valence-electron chi connectivity index (χ1n) is 21.9. The highest BCUT2D eigenvalue weighted by Gasteiger charge is 2.28. The second-order valence-corrected chi connectivity index (χ2v) is 18.2. The third-order valence-electron chi connectivity index (χ3n) is 9.10. The van der Waals surface area contributed by atoms with Crippen molar-refractivity contribution in [3.63, 3.8) is 0 Å². The van der Waals surface area contributed by atoms with Gasteiger partial charge in [0.25, 0.3) is 0 Å². The predicted molar refractivity (Wildman–Crippen MR) is 233 cm³/mol. The number of allylic oxidation sites excluding steroid dienone is 6. The van der Waals surface area contributed by atoms with Crippen molar-refractivity contribution in [1.82, 2.24) is 0 Å². The van der Waals surface area contributed by atoms with E-state index in [1.54, 1.807) is 24.3 Å². The highest BCUT2D eigenvalue weighted by atomic mass is 31.2. The van der Waals surface area contributed by atoms with Crippen LogP contribution >= 0.6 is 15.6 Å². The molecule has 15 nitrogen and oxygen atoms in total. The highest BCUT2D eigenvalue weighted by molar-refractivity contribution is 7.47. The van der Waals surface area contributed by atoms with Crippen LogP contribution in [0.25, 0.3) is 0 Å². The van der Waals surface area contributed by atoms with Crippen molar-refractivity contribution in [2.45, 2.75) is 180 Å². The molecular weight excluding hydrogens is 818 g/mol. The van der Waals surface area contributed by atoms with Crippen LogP contribution in [-0.4, -0.2) is 92.8 Å². The van der Waals surface area contributed by atoms with E-state index in [2.05, 4.69) is 29.8 Å². The van der Waals surface area contributed by atoms with Gasteiger partial charge in [-0.1, -0.05) is 159 Å². The van der Waals surface area contributed by atoms with Gasteiger partial charge >= 0.3 is 27.6 Å². The summed E-state index contributed by atoms with van der Waals surface area (Å²) in [6, 6.07) is 0. The van der Waals surface area contributed by atoms with Crippen molar-refractivity contribution >= 4 is 27.6 Å². The Bertz CT molecular complexity index is 1300. The number of phosphoric ester groups is 2. The van der Waals surface area contributed by atoms with E-state index >= 15 is 0 Å². The molecule has 0 aromatic heterocycles. The first-order valence-corrected chi connectivity index (χ1v) is 24.9. The molecule has 0 bridgehead atoms. The Morgan fingerprint density at radius 3 is 1.60 bits per heavy atom. The fraction of sp³-hybridized carbons (Fsp3) is 0.767. The third kappa shape index (κ3) is 41.4. The zero-order valence-corrected chi connectivity index (χ0v) is 38.2. The molecule has 5 atom stereocenters. The lowest BCUT2D eigenvalue weighted by atomic mass is 10.0. The summed E-state index contributed by atoms with van der Waals surface area (Å²) < 4.78 is 47.6. The van der Waals surface area contributed by atoms with E-state index in [9.17, 15) is 38.9 Å². The highest BCUT2D eigenvalue weighted by Crippen LogP contribution is 2.43. The normalized spacial score (nSPS) is 15.6. The van der Waals surface area contributed by atoms with Crippen molar-refractivity contribution in [2.24, 2.45) is 5.92 Å². The van der Waals surface area contributed by atoms with E-state index in [0.29, 0.717) is 19.3 Å². The Morgan fingerprint density at radius 1 is 0.567 bits per heavy atom. The number of rotatable bonds is 40. The molecule has 17 heteroatoms. The number of aliphatic hydroxyl groups is 3.